The molecule has 0 bridgehead atoms. The Kier molecular flexibility index (Phi) is 5.26. The van der Waals surface area contributed by atoms with Gasteiger partial charge in [0.15, 0.2) is 0 Å². The van der Waals surface area contributed by atoms with Crippen LogP contribution in [0, 0.1) is 0 Å². The van der Waals surface area contributed by atoms with E-state index in [2.05, 4.69) is 171 Å². The molecule has 0 unspecified atom stereocenters. The molecule has 218 valence electrons. The zero-order valence-electron chi connectivity index (χ0n) is 26.5. The number of nitrogens with zero attached hydrogens (tertiary/aromatic N) is 2. The second-order valence-electron chi connectivity index (χ2n) is 14.3. The second-order valence-corrected chi connectivity index (χ2v) is 14.3. The van der Waals surface area contributed by atoms with E-state index in [4.69, 9.17) is 0 Å². The number of rotatable bonds is 2. The van der Waals surface area contributed by atoms with E-state index in [1.807, 2.05) is 0 Å². The van der Waals surface area contributed by atoms with Crippen molar-refractivity contribution in [3.8, 4) is 22.5 Å². The summed E-state index contributed by atoms with van der Waals surface area (Å²) in [7, 11) is 0. The van der Waals surface area contributed by atoms with Crippen LogP contribution in [0.3, 0.4) is 0 Å². The zero-order valence-corrected chi connectivity index (χ0v) is 26.5. The topological polar surface area (TPSA) is 9.86 Å². The fourth-order valence-corrected chi connectivity index (χ4v) is 8.08. The van der Waals surface area contributed by atoms with Gasteiger partial charge in [0.05, 0.1) is 22.1 Å². The molecule has 2 heterocycles. The first-order chi connectivity index (χ1) is 21.7. The summed E-state index contributed by atoms with van der Waals surface area (Å²) in [4.78, 5) is 0. The molecule has 45 heavy (non-hydrogen) atoms. The van der Waals surface area contributed by atoms with Crippen LogP contribution < -0.4 is 0 Å². The Labute approximate surface area is 264 Å². The van der Waals surface area contributed by atoms with Crippen LogP contribution in [0.15, 0.2) is 127 Å². The van der Waals surface area contributed by atoms with Crippen LogP contribution in [0.5, 0.6) is 0 Å². The van der Waals surface area contributed by atoms with E-state index in [1.54, 1.807) is 0 Å². The molecule has 2 aromatic heterocycles. The lowest BCUT2D eigenvalue weighted by atomic mass is 9.80. The molecule has 9 rings (SSSR count). The highest BCUT2D eigenvalue weighted by molar-refractivity contribution is 6.21. The average molecular weight is 581 g/mol. The summed E-state index contributed by atoms with van der Waals surface area (Å²) < 4.78 is 4.93. The van der Waals surface area contributed by atoms with Gasteiger partial charge in [-0.05, 0) is 81.8 Å². The van der Waals surface area contributed by atoms with Gasteiger partial charge >= 0.3 is 0 Å². The lowest BCUT2D eigenvalue weighted by Gasteiger charge is -2.22. The third-order valence-corrected chi connectivity index (χ3v) is 10.2. The quantitative estimate of drug-likeness (QED) is 0.192. The largest absolute Gasteiger partial charge is 0.309 e. The van der Waals surface area contributed by atoms with Crippen molar-refractivity contribution in [1.82, 2.24) is 9.13 Å². The Morgan fingerprint density at radius 3 is 1.91 bits per heavy atom. The minimum atomic E-state index is -0.112. The lowest BCUT2D eigenvalue weighted by Crippen LogP contribution is -2.15. The SMILES string of the molecule is CC(C)(C)c1ccc(-n2c3ccccc3c3cc4c5c6c(ccc5n(-c5ccccc5)c4cc32)-c2ccccc2C6(C)C)cc1. The van der Waals surface area contributed by atoms with Gasteiger partial charge in [-0.1, -0.05) is 113 Å². The van der Waals surface area contributed by atoms with E-state index in [-0.39, 0.29) is 10.8 Å². The Balaban J connectivity index is 1.44. The molecule has 0 radical (unpaired) electrons. The van der Waals surface area contributed by atoms with E-state index >= 15 is 0 Å². The van der Waals surface area contributed by atoms with Crippen molar-refractivity contribution in [2.45, 2.75) is 45.4 Å². The minimum Gasteiger partial charge on any atom is -0.309 e. The summed E-state index contributed by atoms with van der Waals surface area (Å²) in [6, 6.07) is 47.5. The molecule has 6 aromatic carbocycles. The summed E-state index contributed by atoms with van der Waals surface area (Å²) >= 11 is 0. The van der Waals surface area contributed by atoms with Gasteiger partial charge in [-0.15, -0.1) is 0 Å². The van der Waals surface area contributed by atoms with Gasteiger partial charge in [-0.2, -0.15) is 0 Å². The number of hydrogen-bond donors (Lipinski definition) is 0. The Morgan fingerprint density at radius 2 is 1.13 bits per heavy atom. The summed E-state index contributed by atoms with van der Waals surface area (Å²) in [5.74, 6) is 0. The van der Waals surface area contributed by atoms with E-state index < -0.39 is 0 Å². The molecule has 0 N–H and O–H groups in total. The highest BCUT2D eigenvalue weighted by Crippen LogP contribution is 2.53. The van der Waals surface area contributed by atoms with Crippen LogP contribution in [0.4, 0.5) is 0 Å². The first-order valence-electron chi connectivity index (χ1n) is 16.0. The van der Waals surface area contributed by atoms with Crippen molar-refractivity contribution in [2.75, 3.05) is 0 Å². The smallest absolute Gasteiger partial charge is 0.0562 e. The van der Waals surface area contributed by atoms with E-state index in [9.17, 15) is 0 Å². The van der Waals surface area contributed by atoms with E-state index in [1.165, 1.54) is 82.8 Å². The monoisotopic (exact) mass is 580 g/mol. The molecule has 0 fully saturated rings. The van der Waals surface area contributed by atoms with Crippen LogP contribution in [0.1, 0.15) is 51.3 Å². The van der Waals surface area contributed by atoms with Crippen LogP contribution in [-0.2, 0) is 10.8 Å². The minimum absolute atomic E-state index is 0.107. The molecule has 0 saturated heterocycles. The Hall–Kier alpha value is -5.08. The normalized spacial score (nSPS) is 14.1. The molecule has 1 aliphatic rings. The van der Waals surface area contributed by atoms with Gasteiger partial charge < -0.3 is 9.13 Å². The molecule has 1 aliphatic carbocycles. The van der Waals surface area contributed by atoms with Gasteiger partial charge in [0.2, 0.25) is 0 Å². The highest BCUT2D eigenvalue weighted by Gasteiger charge is 2.38. The molecule has 0 amide bonds. The molecule has 8 aromatic rings. The zero-order chi connectivity index (χ0) is 30.7. The summed E-state index contributed by atoms with van der Waals surface area (Å²) in [5.41, 5.74) is 14.2. The summed E-state index contributed by atoms with van der Waals surface area (Å²) in [6.07, 6.45) is 0. The number of aromatic nitrogens is 2. The standard InChI is InChI=1S/C43H36N2/c1-42(2,3)27-19-21-29(22-20-27)44-36-18-12-10-16-31(36)33-25-34-39(26-38(33)44)45(28-13-7-6-8-14-28)37-24-23-32-30-15-9-11-17-35(30)43(4,5)41(32)40(34)37/h6-26H,1-5H3. The number of hydrogen-bond acceptors (Lipinski definition) is 0. The lowest BCUT2D eigenvalue weighted by molar-refractivity contribution is 0.590. The van der Waals surface area contributed by atoms with Gasteiger partial charge in [-0.3, -0.25) is 0 Å². The number of benzene rings is 6. The molecule has 0 saturated carbocycles. The molecule has 0 aliphatic heterocycles. The van der Waals surface area contributed by atoms with Gasteiger partial charge in [-0.25, -0.2) is 0 Å². The molecular weight excluding hydrogens is 544 g/mol. The predicted molar refractivity (Wildman–Crippen MR) is 191 cm³/mol. The number of para-hydroxylation sites is 2. The molecule has 2 heteroatoms. The summed E-state index contributed by atoms with van der Waals surface area (Å²) in [6.45, 7) is 11.6. The van der Waals surface area contributed by atoms with Crippen LogP contribution >= 0.6 is 0 Å². The molecule has 2 nitrogen and oxygen atoms in total. The fraction of sp³-hybridized carbons (Fsp3) is 0.163. The Bertz CT molecular complexity index is 2460. The van der Waals surface area contributed by atoms with Crippen molar-refractivity contribution >= 4 is 43.6 Å². The maximum Gasteiger partial charge on any atom is 0.0562 e. The third-order valence-electron chi connectivity index (χ3n) is 10.2. The first-order valence-corrected chi connectivity index (χ1v) is 16.0. The van der Waals surface area contributed by atoms with Crippen LogP contribution in [0.25, 0.3) is 66.1 Å². The van der Waals surface area contributed by atoms with E-state index in [0.29, 0.717) is 0 Å². The van der Waals surface area contributed by atoms with Crippen LogP contribution in [-0.4, -0.2) is 9.13 Å². The van der Waals surface area contributed by atoms with E-state index in [0.717, 1.165) is 0 Å². The fourth-order valence-electron chi connectivity index (χ4n) is 8.08. The van der Waals surface area contributed by atoms with Gasteiger partial charge in [0.1, 0.15) is 0 Å². The average Bonchev–Trinajstić information content (AvgIpc) is 3.63. The van der Waals surface area contributed by atoms with Gasteiger partial charge in [0.25, 0.3) is 0 Å². The molecular formula is C43H36N2. The highest BCUT2D eigenvalue weighted by atomic mass is 15.0. The molecule has 0 spiro atoms. The third kappa shape index (κ3) is 3.57. The maximum absolute atomic E-state index is 2.48. The van der Waals surface area contributed by atoms with Crippen LogP contribution in [0.2, 0.25) is 0 Å². The Morgan fingerprint density at radius 1 is 0.489 bits per heavy atom. The summed E-state index contributed by atoms with van der Waals surface area (Å²) in [5, 5.41) is 5.24. The van der Waals surface area contributed by atoms with Crippen molar-refractivity contribution in [2.24, 2.45) is 0 Å². The number of fused-ring (bicyclic) bond motifs is 10. The van der Waals surface area contributed by atoms with Crippen molar-refractivity contribution in [3.63, 3.8) is 0 Å². The maximum atomic E-state index is 2.48. The van der Waals surface area contributed by atoms with Crippen molar-refractivity contribution in [1.29, 1.82) is 0 Å². The first kappa shape index (κ1) is 26.3. The van der Waals surface area contributed by atoms with Crippen molar-refractivity contribution < 1.29 is 0 Å². The van der Waals surface area contributed by atoms with Gasteiger partial charge in [0, 0.05) is 38.3 Å². The predicted octanol–water partition coefficient (Wildman–Crippen LogP) is 11.5. The molecule has 0 atom stereocenters. The van der Waals surface area contributed by atoms with Crippen molar-refractivity contribution in [3.05, 3.63) is 144 Å². The second kappa shape index (κ2) is 8.99.